The minimum atomic E-state index is -0.770. The monoisotopic (exact) mass is 240 g/mol. The Bertz CT molecular complexity index is 322. The van der Waals surface area contributed by atoms with Gasteiger partial charge in [0.1, 0.15) is 12.2 Å². The first-order valence-corrected chi connectivity index (χ1v) is 6.39. The summed E-state index contributed by atoms with van der Waals surface area (Å²) in [5, 5.41) is 17.7. The molecular formula is C12H24N4O. The van der Waals surface area contributed by atoms with Crippen LogP contribution in [0.25, 0.3) is 0 Å². The molecule has 0 aliphatic rings. The van der Waals surface area contributed by atoms with Crippen LogP contribution in [-0.4, -0.2) is 38.6 Å². The lowest BCUT2D eigenvalue weighted by molar-refractivity contribution is 0.0571. The molecular weight excluding hydrogens is 216 g/mol. The number of nitrogens with zero attached hydrogens (tertiary/aromatic N) is 3. The number of rotatable bonds is 8. The number of nitrogens with one attached hydrogen (secondary N) is 1. The van der Waals surface area contributed by atoms with Gasteiger partial charge in [0.05, 0.1) is 5.60 Å². The Balaban J connectivity index is 2.52. The van der Waals surface area contributed by atoms with Crippen LogP contribution in [0.4, 0.5) is 0 Å². The Labute approximate surface area is 103 Å². The number of hydrogen-bond donors (Lipinski definition) is 2. The molecule has 1 unspecified atom stereocenters. The van der Waals surface area contributed by atoms with Crippen LogP contribution in [0.2, 0.25) is 0 Å². The minimum absolute atomic E-state index is 0.531. The first kappa shape index (κ1) is 14.1. The average molecular weight is 240 g/mol. The van der Waals surface area contributed by atoms with Crippen LogP contribution in [0.3, 0.4) is 0 Å². The van der Waals surface area contributed by atoms with E-state index in [1.807, 2.05) is 11.6 Å². The van der Waals surface area contributed by atoms with Crippen molar-refractivity contribution in [3.05, 3.63) is 12.2 Å². The van der Waals surface area contributed by atoms with E-state index in [-0.39, 0.29) is 0 Å². The van der Waals surface area contributed by atoms with Crippen molar-refractivity contribution in [3.63, 3.8) is 0 Å². The van der Waals surface area contributed by atoms with Gasteiger partial charge in [-0.05, 0) is 26.3 Å². The predicted molar refractivity (Wildman–Crippen MR) is 67.8 cm³/mol. The maximum Gasteiger partial charge on any atom is 0.138 e. The van der Waals surface area contributed by atoms with Gasteiger partial charge in [-0.25, -0.2) is 4.98 Å². The number of hydrogen-bond acceptors (Lipinski definition) is 4. The summed E-state index contributed by atoms with van der Waals surface area (Å²) in [5.74, 6) is 0.857. The highest BCUT2D eigenvalue weighted by molar-refractivity contribution is 4.93. The molecule has 0 amide bonds. The number of aryl methyl sites for hydroxylation is 1. The fourth-order valence-electron chi connectivity index (χ4n) is 1.76. The SMILES string of the molecule is CCCNCC(C)(O)Cc1ncnn1CCC. The van der Waals surface area contributed by atoms with E-state index in [4.69, 9.17) is 0 Å². The second-order valence-corrected chi connectivity index (χ2v) is 4.75. The van der Waals surface area contributed by atoms with Crippen LogP contribution in [0, 0.1) is 0 Å². The second kappa shape index (κ2) is 6.71. The highest BCUT2D eigenvalue weighted by Crippen LogP contribution is 2.10. The van der Waals surface area contributed by atoms with E-state index < -0.39 is 5.60 Å². The van der Waals surface area contributed by atoms with E-state index >= 15 is 0 Å². The smallest absolute Gasteiger partial charge is 0.138 e. The zero-order chi connectivity index (χ0) is 12.7. The fourth-order valence-corrected chi connectivity index (χ4v) is 1.76. The van der Waals surface area contributed by atoms with Crippen LogP contribution in [-0.2, 0) is 13.0 Å². The summed E-state index contributed by atoms with van der Waals surface area (Å²) in [5.41, 5.74) is -0.770. The lowest BCUT2D eigenvalue weighted by Gasteiger charge is -2.23. The third kappa shape index (κ3) is 4.83. The Hall–Kier alpha value is -0.940. The van der Waals surface area contributed by atoms with Crippen molar-refractivity contribution >= 4 is 0 Å². The molecule has 1 aromatic rings. The van der Waals surface area contributed by atoms with Crippen LogP contribution in [0.1, 0.15) is 39.4 Å². The van der Waals surface area contributed by atoms with Crippen molar-refractivity contribution in [1.29, 1.82) is 0 Å². The van der Waals surface area contributed by atoms with Gasteiger partial charge in [-0.2, -0.15) is 5.10 Å². The van der Waals surface area contributed by atoms with Gasteiger partial charge < -0.3 is 10.4 Å². The fraction of sp³-hybridized carbons (Fsp3) is 0.833. The molecule has 0 bridgehead atoms. The molecule has 17 heavy (non-hydrogen) atoms. The highest BCUT2D eigenvalue weighted by atomic mass is 16.3. The molecule has 98 valence electrons. The van der Waals surface area contributed by atoms with Crippen molar-refractivity contribution < 1.29 is 5.11 Å². The summed E-state index contributed by atoms with van der Waals surface area (Å²) < 4.78 is 1.87. The molecule has 0 aliphatic carbocycles. The molecule has 0 saturated carbocycles. The largest absolute Gasteiger partial charge is 0.388 e. The highest BCUT2D eigenvalue weighted by Gasteiger charge is 2.23. The van der Waals surface area contributed by atoms with Crippen molar-refractivity contribution in [1.82, 2.24) is 20.1 Å². The summed E-state index contributed by atoms with van der Waals surface area (Å²) in [7, 11) is 0. The van der Waals surface area contributed by atoms with E-state index in [0.717, 1.165) is 31.8 Å². The summed E-state index contributed by atoms with van der Waals surface area (Å²) in [6.45, 7) is 8.41. The van der Waals surface area contributed by atoms with Gasteiger partial charge in [-0.3, -0.25) is 4.68 Å². The van der Waals surface area contributed by atoms with E-state index in [1.165, 1.54) is 0 Å². The minimum Gasteiger partial charge on any atom is -0.388 e. The zero-order valence-electron chi connectivity index (χ0n) is 11.1. The molecule has 1 aromatic heterocycles. The predicted octanol–water partition coefficient (Wildman–Crippen LogP) is 0.981. The molecule has 0 fully saturated rings. The maximum atomic E-state index is 10.3. The Morgan fingerprint density at radius 1 is 1.41 bits per heavy atom. The van der Waals surface area contributed by atoms with Gasteiger partial charge in [0.15, 0.2) is 0 Å². The summed E-state index contributed by atoms with van der Waals surface area (Å²) >= 11 is 0. The molecule has 2 N–H and O–H groups in total. The molecule has 0 spiro atoms. The van der Waals surface area contributed by atoms with Crippen LogP contribution >= 0.6 is 0 Å². The van der Waals surface area contributed by atoms with Crippen molar-refractivity contribution in [2.75, 3.05) is 13.1 Å². The zero-order valence-corrected chi connectivity index (χ0v) is 11.1. The third-order valence-corrected chi connectivity index (χ3v) is 2.60. The van der Waals surface area contributed by atoms with Gasteiger partial charge in [-0.1, -0.05) is 13.8 Å². The first-order valence-electron chi connectivity index (χ1n) is 6.39. The van der Waals surface area contributed by atoms with E-state index in [0.29, 0.717) is 13.0 Å². The molecule has 0 radical (unpaired) electrons. The molecule has 0 aromatic carbocycles. The summed E-state index contributed by atoms with van der Waals surface area (Å²) in [4.78, 5) is 4.21. The first-order chi connectivity index (χ1) is 8.09. The molecule has 0 aliphatic heterocycles. The lowest BCUT2D eigenvalue weighted by Crippen LogP contribution is -2.40. The molecule has 5 nitrogen and oxygen atoms in total. The molecule has 0 saturated heterocycles. The Morgan fingerprint density at radius 2 is 2.18 bits per heavy atom. The average Bonchev–Trinajstić information content (AvgIpc) is 2.66. The topological polar surface area (TPSA) is 63.0 Å². The van der Waals surface area contributed by atoms with Gasteiger partial charge in [-0.15, -0.1) is 0 Å². The molecule has 1 heterocycles. The van der Waals surface area contributed by atoms with Crippen LogP contribution in [0.5, 0.6) is 0 Å². The van der Waals surface area contributed by atoms with Crippen LogP contribution < -0.4 is 5.32 Å². The Kier molecular flexibility index (Phi) is 5.58. The van der Waals surface area contributed by atoms with E-state index in [9.17, 15) is 5.11 Å². The van der Waals surface area contributed by atoms with Crippen molar-refractivity contribution in [3.8, 4) is 0 Å². The Morgan fingerprint density at radius 3 is 2.82 bits per heavy atom. The normalized spacial score (nSPS) is 14.8. The van der Waals surface area contributed by atoms with Crippen molar-refractivity contribution in [2.45, 2.75) is 52.2 Å². The maximum absolute atomic E-state index is 10.3. The van der Waals surface area contributed by atoms with Crippen LogP contribution in [0.15, 0.2) is 6.33 Å². The summed E-state index contributed by atoms with van der Waals surface area (Å²) in [6, 6.07) is 0. The van der Waals surface area contributed by atoms with Gasteiger partial charge in [0.2, 0.25) is 0 Å². The molecule has 1 rings (SSSR count). The van der Waals surface area contributed by atoms with Gasteiger partial charge in [0, 0.05) is 19.5 Å². The van der Waals surface area contributed by atoms with E-state index in [1.54, 1.807) is 6.33 Å². The second-order valence-electron chi connectivity index (χ2n) is 4.75. The van der Waals surface area contributed by atoms with E-state index in [2.05, 4.69) is 29.2 Å². The third-order valence-electron chi connectivity index (χ3n) is 2.60. The van der Waals surface area contributed by atoms with Gasteiger partial charge in [0.25, 0.3) is 0 Å². The van der Waals surface area contributed by atoms with Gasteiger partial charge >= 0.3 is 0 Å². The molecule has 5 heteroatoms. The van der Waals surface area contributed by atoms with Crippen molar-refractivity contribution in [2.24, 2.45) is 0 Å². The lowest BCUT2D eigenvalue weighted by atomic mass is 10.0. The number of aromatic nitrogens is 3. The molecule has 1 atom stereocenters. The summed E-state index contributed by atoms with van der Waals surface area (Å²) in [6.07, 6.45) is 4.18. The quantitative estimate of drug-likeness (QED) is 0.665. The number of aliphatic hydroxyl groups is 1. The standard InChI is InChI=1S/C12H24N4O/c1-4-6-13-9-12(3,17)8-11-14-10-15-16(11)7-5-2/h10,13,17H,4-9H2,1-3H3.